The first kappa shape index (κ1) is 15.5. The smallest absolute Gasteiger partial charge is 0.191 e. The van der Waals surface area contributed by atoms with Gasteiger partial charge in [-0.2, -0.15) is 5.10 Å². The molecule has 0 radical (unpaired) electrons. The molecular weight excluding hydrogens is 238 g/mol. The molecule has 19 heavy (non-hydrogen) atoms. The Balaban J connectivity index is 2.28. The Morgan fingerprint density at radius 2 is 2.16 bits per heavy atom. The lowest BCUT2D eigenvalue weighted by molar-refractivity contribution is 0.597. The van der Waals surface area contributed by atoms with Crippen molar-refractivity contribution in [3.8, 4) is 0 Å². The summed E-state index contributed by atoms with van der Waals surface area (Å²) in [7, 11) is 0. The first-order valence-corrected chi connectivity index (χ1v) is 7.27. The number of unbranched alkanes of at least 4 members (excludes halogenated alkanes) is 2. The molecule has 0 aliphatic heterocycles. The molecule has 0 spiro atoms. The van der Waals surface area contributed by atoms with E-state index in [9.17, 15) is 0 Å². The Labute approximate surface area is 116 Å². The number of hydrogen-bond acceptors (Lipinski definition) is 2. The standard InChI is InChI=1S/C14H27N5/c1-4-6-7-8-16-14(15-5-2)17-9-10-19-12-13(3)11-18-19/h11-12H,4-10H2,1-3H3,(H2,15,16,17). The maximum atomic E-state index is 4.55. The van der Waals surface area contributed by atoms with E-state index in [0.717, 1.165) is 38.6 Å². The van der Waals surface area contributed by atoms with Gasteiger partial charge < -0.3 is 10.6 Å². The number of nitrogens with one attached hydrogen (secondary N) is 2. The zero-order chi connectivity index (χ0) is 13.9. The molecule has 2 N–H and O–H groups in total. The quantitative estimate of drug-likeness (QED) is 0.429. The monoisotopic (exact) mass is 265 g/mol. The summed E-state index contributed by atoms with van der Waals surface area (Å²) in [5.74, 6) is 0.905. The van der Waals surface area contributed by atoms with Crippen LogP contribution in [0.5, 0.6) is 0 Å². The number of aliphatic imine (C=N–C) groups is 1. The maximum Gasteiger partial charge on any atom is 0.191 e. The molecule has 108 valence electrons. The van der Waals surface area contributed by atoms with Crippen LogP contribution in [-0.4, -0.2) is 35.4 Å². The average Bonchev–Trinajstić information content (AvgIpc) is 2.80. The lowest BCUT2D eigenvalue weighted by atomic mass is 10.2. The SMILES string of the molecule is CCCCCN=C(NCC)NCCn1cc(C)cn1. The first-order chi connectivity index (χ1) is 9.26. The van der Waals surface area contributed by atoms with Crippen molar-refractivity contribution in [2.24, 2.45) is 4.99 Å². The van der Waals surface area contributed by atoms with Crippen LogP contribution in [0.3, 0.4) is 0 Å². The van der Waals surface area contributed by atoms with Gasteiger partial charge in [0.1, 0.15) is 0 Å². The van der Waals surface area contributed by atoms with Gasteiger partial charge in [-0.3, -0.25) is 9.67 Å². The van der Waals surface area contributed by atoms with Crippen molar-refractivity contribution in [3.05, 3.63) is 18.0 Å². The number of rotatable bonds is 8. The van der Waals surface area contributed by atoms with E-state index in [4.69, 9.17) is 0 Å². The number of aryl methyl sites for hydroxylation is 1. The molecule has 5 nitrogen and oxygen atoms in total. The van der Waals surface area contributed by atoms with Crippen molar-refractivity contribution in [3.63, 3.8) is 0 Å². The molecule has 1 aromatic heterocycles. The highest BCUT2D eigenvalue weighted by atomic mass is 15.3. The molecule has 0 amide bonds. The van der Waals surface area contributed by atoms with Gasteiger partial charge in [0.25, 0.3) is 0 Å². The van der Waals surface area contributed by atoms with Crippen LogP contribution in [0.1, 0.15) is 38.7 Å². The minimum absolute atomic E-state index is 0.834. The predicted octanol–water partition coefficient (Wildman–Crippen LogP) is 1.94. The molecule has 0 aliphatic rings. The van der Waals surface area contributed by atoms with E-state index in [1.54, 1.807) is 0 Å². The molecule has 0 aromatic carbocycles. The minimum Gasteiger partial charge on any atom is -0.357 e. The number of aromatic nitrogens is 2. The van der Waals surface area contributed by atoms with Gasteiger partial charge in [0, 0.05) is 25.8 Å². The maximum absolute atomic E-state index is 4.55. The molecule has 0 saturated heterocycles. The van der Waals surface area contributed by atoms with E-state index in [0.29, 0.717) is 0 Å². The fourth-order valence-electron chi connectivity index (χ4n) is 1.77. The third-order valence-corrected chi connectivity index (χ3v) is 2.77. The molecule has 0 fully saturated rings. The zero-order valence-corrected chi connectivity index (χ0v) is 12.4. The van der Waals surface area contributed by atoms with E-state index < -0.39 is 0 Å². The van der Waals surface area contributed by atoms with Gasteiger partial charge in [0.15, 0.2) is 5.96 Å². The van der Waals surface area contributed by atoms with E-state index in [1.807, 2.05) is 17.1 Å². The average molecular weight is 265 g/mol. The predicted molar refractivity (Wildman–Crippen MR) is 80.5 cm³/mol. The molecule has 1 rings (SSSR count). The van der Waals surface area contributed by atoms with Crippen molar-refractivity contribution in [2.45, 2.75) is 46.6 Å². The number of nitrogens with zero attached hydrogens (tertiary/aromatic N) is 3. The first-order valence-electron chi connectivity index (χ1n) is 7.27. The van der Waals surface area contributed by atoms with Crippen LogP contribution in [0.4, 0.5) is 0 Å². The van der Waals surface area contributed by atoms with Crippen molar-refractivity contribution in [2.75, 3.05) is 19.6 Å². The van der Waals surface area contributed by atoms with E-state index in [-0.39, 0.29) is 0 Å². The second-order valence-electron chi connectivity index (χ2n) is 4.68. The largest absolute Gasteiger partial charge is 0.357 e. The van der Waals surface area contributed by atoms with E-state index in [2.05, 4.69) is 41.5 Å². The molecule has 0 aliphatic carbocycles. The fraction of sp³-hybridized carbons (Fsp3) is 0.714. The summed E-state index contributed by atoms with van der Waals surface area (Å²) in [4.78, 5) is 4.55. The highest BCUT2D eigenvalue weighted by Crippen LogP contribution is 1.94. The lowest BCUT2D eigenvalue weighted by Crippen LogP contribution is -2.39. The Bertz CT molecular complexity index is 370. The van der Waals surface area contributed by atoms with Gasteiger partial charge in [-0.25, -0.2) is 0 Å². The fourth-order valence-corrected chi connectivity index (χ4v) is 1.77. The Morgan fingerprint density at radius 1 is 1.32 bits per heavy atom. The van der Waals surface area contributed by atoms with Gasteiger partial charge in [-0.05, 0) is 25.8 Å². The lowest BCUT2D eigenvalue weighted by Gasteiger charge is -2.11. The minimum atomic E-state index is 0.834. The number of guanidine groups is 1. The van der Waals surface area contributed by atoms with Gasteiger partial charge in [0.2, 0.25) is 0 Å². The van der Waals surface area contributed by atoms with E-state index >= 15 is 0 Å². The summed E-state index contributed by atoms with van der Waals surface area (Å²) >= 11 is 0. The Hall–Kier alpha value is -1.52. The molecule has 0 atom stereocenters. The summed E-state index contributed by atoms with van der Waals surface area (Å²) in [6.45, 7) is 9.81. The summed E-state index contributed by atoms with van der Waals surface area (Å²) in [6, 6.07) is 0. The molecule has 0 bridgehead atoms. The summed E-state index contributed by atoms with van der Waals surface area (Å²) < 4.78 is 1.95. The second-order valence-corrected chi connectivity index (χ2v) is 4.68. The van der Waals surface area contributed by atoms with Crippen molar-refractivity contribution in [1.82, 2.24) is 20.4 Å². The topological polar surface area (TPSA) is 54.2 Å². The normalized spacial score (nSPS) is 11.6. The Kier molecular flexibility index (Phi) is 7.70. The zero-order valence-electron chi connectivity index (χ0n) is 12.4. The van der Waals surface area contributed by atoms with Crippen molar-refractivity contribution < 1.29 is 0 Å². The second kappa shape index (κ2) is 9.42. The van der Waals surface area contributed by atoms with Crippen LogP contribution in [-0.2, 0) is 6.54 Å². The third kappa shape index (κ3) is 6.84. The van der Waals surface area contributed by atoms with Crippen molar-refractivity contribution >= 4 is 5.96 Å². The van der Waals surface area contributed by atoms with E-state index in [1.165, 1.54) is 18.4 Å². The van der Waals surface area contributed by atoms with Crippen LogP contribution in [0.15, 0.2) is 17.4 Å². The summed E-state index contributed by atoms with van der Waals surface area (Å²) in [6.07, 6.45) is 7.57. The van der Waals surface area contributed by atoms with Crippen molar-refractivity contribution in [1.29, 1.82) is 0 Å². The van der Waals surface area contributed by atoms with Crippen LogP contribution in [0, 0.1) is 6.92 Å². The highest BCUT2D eigenvalue weighted by Gasteiger charge is 1.97. The van der Waals surface area contributed by atoms with Crippen LogP contribution < -0.4 is 10.6 Å². The molecule has 0 saturated carbocycles. The Morgan fingerprint density at radius 3 is 2.79 bits per heavy atom. The molecule has 1 heterocycles. The van der Waals surface area contributed by atoms with Gasteiger partial charge in [-0.15, -0.1) is 0 Å². The molecule has 0 unspecified atom stereocenters. The van der Waals surface area contributed by atoms with Crippen LogP contribution in [0.2, 0.25) is 0 Å². The van der Waals surface area contributed by atoms with Gasteiger partial charge in [-0.1, -0.05) is 19.8 Å². The highest BCUT2D eigenvalue weighted by molar-refractivity contribution is 5.79. The summed E-state index contributed by atoms with van der Waals surface area (Å²) in [5.41, 5.74) is 1.19. The van der Waals surface area contributed by atoms with Gasteiger partial charge in [0.05, 0.1) is 12.7 Å². The van der Waals surface area contributed by atoms with Crippen LogP contribution in [0.25, 0.3) is 0 Å². The summed E-state index contributed by atoms with van der Waals surface area (Å²) in [5, 5.41) is 10.9. The van der Waals surface area contributed by atoms with Gasteiger partial charge >= 0.3 is 0 Å². The van der Waals surface area contributed by atoms with Crippen LogP contribution >= 0.6 is 0 Å². The number of hydrogen-bond donors (Lipinski definition) is 2. The molecule has 5 heteroatoms. The third-order valence-electron chi connectivity index (χ3n) is 2.77. The molecular formula is C14H27N5. The molecule has 1 aromatic rings.